The van der Waals surface area contributed by atoms with Gasteiger partial charge in [0.05, 0.1) is 6.61 Å². The van der Waals surface area contributed by atoms with Crippen LogP contribution in [0.3, 0.4) is 0 Å². The molecule has 1 aliphatic rings. The molecule has 0 saturated heterocycles. The van der Waals surface area contributed by atoms with Gasteiger partial charge >= 0.3 is 0 Å². The van der Waals surface area contributed by atoms with E-state index in [0.717, 1.165) is 24.8 Å². The highest BCUT2D eigenvalue weighted by molar-refractivity contribution is 5.36. The van der Waals surface area contributed by atoms with E-state index in [0.29, 0.717) is 6.04 Å². The number of benzene rings is 1. The Bertz CT molecular complexity index is 371. The van der Waals surface area contributed by atoms with Gasteiger partial charge in [0.25, 0.3) is 0 Å². The first-order valence-corrected chi connectivity index (χ1v) is 6.67. The van der Waals surface area contributed by atoms with Crippen molar-refractivity contribution in [3.8, 4) is 5.75 Å². The van der Waals surface area contributed by atoms with E-state index < -0.39 is 0 Å². The fourth-order valence-corrected chi connectivity index (χ4v) is 2.22. The maximum Gasteiger partial charge on any atom is 0.122 e. The van der Waals surface area contributed by atoms with Crippen molar-refractivity contribution in [2.75, 3.05) is 6.61 Å². The third kappa shape index (κ3) is 3.74. The van der Waals surface area contributed by atoms with E-state index in [4.69, 9.17) is 4.74 Å². The minimum atomic E-state index is 0.569. The molecule has 0 heterocycles. The van der Waals surface area contributed by atoms with Crippen LogP contribution >= 0.6 is 0 Å². The van der Waals surface area contributed by atoms with Crippen molar-refractivity contribution in [1.82, 2.24) is 5.32 Å². The maximum atomic E-state index is 5.56. The lowest BCUT2D eigenvalue weighted by molar-refractivity contribution is 0.337. The van der Waals surface area contributed by atoms with Crippen LogP contribution in [0.4, 0.5) is 0 Å². The lowest BCUT2D eigenvalue weighted by Crippen LogP contribution is -2.29. The summed E-state index contributed by atoms with van der Waals surface area (Å²) < 4.78 is 5.56. The molecule has 1 unspecified atom stereocenters. The predicted molar refractivity (Wildman–Crippen MR) is 71.7 cm³/mol. The van der Waals surface area contributed by atoms with Gasteiger partial charge in [0.1, 0.15) is 5.75 Å². The normalized spacial score (nSPS) is 16.9. The molecule has 1 N–H and O–H groups in total. The van der Waals surface area contributed by atoms with E-state index in [1.165, 1.54) is 24.0 Å². The lowest BCUT2D eigenvalue weighted by Gasteiger charge is -2.14. The van der Waals surface area contributed by atoms with Crippen molar-refractivity contribution in [3.63, 3.8) is 0 Å². The second-order valence-corrected chi connectivity index (χ2v) is 5.08. The van der Waals surface area contributed by atoms with Crippen LogP contribution in [-0.4, -0.2) is 18.7 Å². The van der Waals surface area contributed by atoms with Gasteiger partial charge in [-0.05, 0) is 57.2 Å². The molecule has 2 nitrogen and oxygen atoms in total. The van der Waals surface area contributed by atoms with E-state index in [-0.39, 0.29) is 0 Å². The SMILES string of the molecule is CCOc1ccc(CC(C)NC2CC2)cc1C. The fraction of sp³-hybridized carbons (Fsp3) is 0.600. The van der Waals surface area contributed by atoms with Gasteiger partial charge in [-0.3, -0.25) is 0 Å². The van der Waals surface area contributed by atoms with E-state index in [2.05, 4.69) is 37.4 Å². The summed E-state index contributed by atoms with van der Waals surface area (Å²) in [5.74, 6) is 1.01. The minimum Gasteiger partial charge on any atom is -0.494 e. The summed E-state index contributed by atoms with van der Waals surface area (Å²) in [6.07, 6.45) is 3.81. The Morgan fingerprint density at radius 2 is 2.18 bits per heavy atom. The maximum absolute atomic E-state index is 5.56. The molecule has 0 aromatic heterocycles. The fourth-order valence-electron chi connectivity index (χ4n) is 2.22. The Balaban J connectivity index is 1.93. The predicted octanol–water partition coefficient (Wildman–Crippen LogP) is 3.08. The summed E-state index contributed by atoms with van der Waals surface area (Å²) in [5.41, 5.74) is 2.63. The molecule has 1 saturated carbocycles. The Labute approximate surface area is 104 Å². The van der Waals surface area contributed by atoms with Crippen LogP contribution in [0.5, 0.6) is 5.75 Å². The van der Waals surface area contributed by atoms with Crippen molar-refractivity contribution in [2.45, 2.75) is 52.1 Å². The number of nitrogens with one attached hydrogen (secondary N) is 1. The standard InChI is InChI=1S/C15H23NO/c1-4-17-15-8-5-13(9-11(15)2)10-12(3)16-14-6-7-14/h5,8-9,12,14,16H,4,6-7,10H2,1-3H3. The summed E-state index contributed by atoms with van der Waals surface area (Å²) in [5, 5.41) is 3.63. The molecule has 0 spiro atoms. The molecule has 0 radical (unpaired) electrons. The average Bonchev–Trinajstić information content (AvgIpc) is 3.06. The Kier molecular flexibility index (Phi) is 4.06. The van der Waals surface area contributed by atoms with Crippen LogP contribution in [0.1, 0.15) is 37.8 Å². The third-order valence-electron chi connectivity index (χ3n) is 3.18. The molecule has 2 rings (SSSR count). The van der Waals surface area contributed by atoms with E-state index in [1.807, 2.05) is 6.92 Å². The molecule has 2 heteroatoms. The molecule has 0 aliphatic heterocycles. The zero-order valence-electron chi connectivity index (χ0n) is 11.1. The topological polar surface area (TPSA) is 21.3 Å². The first-order valence-electron chi connectivity index (χ1n) is 6.67. The lowest BCUT2D eigenvalue weighted by atomic mass is 10.0. The molecule has 1 atom stereocenters. The molecule has 0 bridgehead atoms. The molecule has 1 aromatic rings. The van der Waals surface area contributed by atoms with Crippen LogP contribution in [0.25, 0.3) is 0 Å². The van der Waals surface area contributed by atoms with E-state index >= 15 is 0 Å². The van der Waals surface area contributed by atoms with Gasteiger partial charge in [-0.1, -0.05) is 12.1 Å². The Morgan fingerprint density at radius 3 is 2.76 bits per heavy atom. The molecule has 94 valence electrons. The monoisotopic (exact) mass is 233 g/mol. The van der Waals surface area contributed by atoms with Gasteiger partial charge < -0.3 is 10.1 Å². The molecular formula is C15H23NO. The number of hydrogen-bond acceptors (Lipinski definition) is 2. The van der Waals surface area contributed by atoms with Crippen LogP contribution in [0, 0.1) is 6.92 Å². The summed E-state index contributed by atoms with van der Waals surface area (Å²) >= 11 is 0. The van der Waals surface area contributed by atoms with Crippen molar-refractivity contribution in [3.05, 3.63) is 29.3 Å². The zero-order chi connectivity index (χ0) is 12.3. The van der Waals surface area contributed by atoms with Crippen LogP contribution < -0.4 is 10.1 Å². The van der Waals surface area contributed by atoms with Crippen LogP contribution in [0.2, 0.25) is 0 Å². The summed E-state index contributed by atoms with van der Waals surface area (Å²) in [6, 6.07) is 7.88. The molecule has 0 amide bonds. The van der Waals surface area contributed by atoms with Crippen LogP contribution in [0.15, 0.2) is 18.2 Å². The third-order valence-corrected chi connectivity index (χ3v) is 3.18. The highest BCUT2D eigenvalue weighted by Crippen LogP contribution is 2.22. The number of ether oxygens (including phenoxy) is 1. The summed E-state index contributed by atoms with van der Waals surface area (Å²) in [7, 11) is 0. The van der Waals surface area contributed by atoms with Gasteiger partial charge in [0.2, 0.25) is 0 Å². The number of aryl methyl sites for hydroxylation is 1. The number of rotatable bonds is 6. The van der Waals surface area contributed by atoms with Crippen molar-refractivity contribution < 1.29 is 4.74 Å². The molecule has 1 aliphatic carbocycles. The summed E-state index contributed by atoms with van der Waals surface area (Å²) in [4.78, 5) is 0. The first-order chi connectivity index (χ1) is 8.19. The van der Waals surface area contributed by atoms with Gasteiger partial charge in [0.15, 0.2) is 0 Å². The summed E-state index contributed by atoms with van der Waals surface area (Å²) in [6.45, 7) is 7.15. The van der Waals surface area contributed by atoms with Gasteiger partial charge in [0, 0.05) is 12.1 Å². The van der Waals surface area contributed by atoms with Gasteiger partial charge in [-0.15, -0.1) is 0 Å². The van der Waals surface area contributed by atoms with Gasteiger partial charge in [-0.2, -0.15) is 0 Å². The minimum absolute atomic E-state index is 0.569. The second-order valence-electron chi connectivity index (χ2n) is 5.08. The van der Waals surface area contributed by atoms with Crippen molar-refractivity contribution in [1.29, 1.82) is 0 Å². The van der Waals surface area contributed by atoms with Crippen molar-refractivity contribution in [2.24, 2.45) is 0 Å². The quantitative estimate of drug-likeness (QED) is 0.815. The number of hydrogen-bond donors (Lipinski definition) is 1. The van der Waals surface area contributed by atoms with E-state index in [9.17, 15) is 0 Å². The highest BCUT2D eigenvalue weighted by atomic mass is 16.5. The Morgan fingerprint density at radius 1 is 1.41 bits per heavy atom. The average molecular weight is 233 g/mol. The Hall–Kier alpha value is -1.02. The zero-order valence-corrected chi connectivity index (χ0v) is 11.1. The largest absolute Gasteiger partial charge is 0.494 e. The molecular weight excluding hydrogens is 210 g/mol. The molecule has 1 aromatic carbocycles. The highest BCUT2D eigenvalue weighted by Gasteiger charge is 2.22. The molecule has 17 heavy (non-hydrogen) atoms. The van der Waals surface area contributed by atoms with Crippen LogP contribution in [-0.2, 0) is 6.42 Å². The van der Waals surface area contributed by atoms with E-state index in [1.54, 1.807) is 0 Å². The van der Waals surface area contributed by atoms with Gasteiger partial charge in [-0.25, -0.2) is 0 Å². The second kappa shape index (κ2) is 5.54. The first kappa shape index (κ1) is 12.4. The smallest absolute Gasteiger partial charge is 0.122 e. The molecule has 1 fully saturated rings. The van der Waals surface area contributed by atoms with Crippen molar-refractivity contribution >= 4 is 0 Å².